The second-order valence-corrected chi connectivity index (χ2v) is 10.9. The number of para-hydroxylation sites is 1. The lowest BCUT2D eigenvalue weighted by Crippen LogP contribution is -2.58. The molecule has 6 rings (SSSR count). The fourth-order valence-electron chi connectivity index (χ4n) is 6.75. The number of aryl methyl sites for hydroxylation is 2. The van der Waals surface area contributed by atoms with Crippen molar-refractivity contribution in [2.45, 2.75) is 63.1 Å². The number of rotatable bonds is 4. The zero-order chi connectivity index (χ0) is 23.1. The Balaban J connectivity index is 0.00000152. The van der Waals surface area contributed by atoms with Gasteiger partial charge in [-0.3, -0.25) is 9.69 Å². The molecule has 2 aromatic carbocycles. The van der Waals surface area contributed by atoms with Crippen molar-refractivity contribution < 1.29 is 4.79 Å². The van der Waals surface area contributed by atoms with Crippen LogP contribution < -0.4 is 10.2 Å². The van der Waals surface area contributed by atoms with Crippen LogP contribution in [0.2, 0.25) is 5.02 Å². The van der Waals surface area contributed by atoms with Crippen LogP contribution in [0.15, 0.2) is 42.5 Å². The molecule has 2 aromatic rings. The van der Waals surface area contributed by atoms with Crippen LogP contribution >= 0.6 is 36.4 Å². The summed E-state index contributed by atoms with van der Waals surface area (Å²) >= 11 is 6.43. The van der Waals surface area contributed by atoms with Crippen molar-refractivity contribution in [3.63, 3.8) is 0 Å². The van der Waals surface area contributed by atoms with Crippen molar-refractivity contribution in [2.24, 2.45) is 0 Å². The summed E-state index contributed by atoms with van der Waals surface area (Å²) in [5.41, 5.74) is 5.12. The van der Waals surface area contributed by atoms with E-state index in [1.807, 2.05) is 6.07 Å². The molecule has 4 aliphatic heterocycles. The van der Waals surface area contributed by atoms with Crippen LogP contribution in [0.4, 0.5) is 11.4 Å². The summed E-state index contributed by atoms with van der Waals surface area (Å²) in [7, 11) is 0. The van der Waals surface area contributed by atoms with E-state index in [0.29, 0.717) is 0 Å². The number of nitrogens with zero attached hydrogens (tertiary/aromatic N) is 3. The van der Waals surface area contributed by atoms with Crippen LogP contribution in [0.25, 0.3) is 0 Å². The van der Waals surface area contributed by atoms with E-state index in [4.69, 9.17) is 11.6 Å². The smallest absolute Gasteiger partial charge is 0.241 e. The van der Waals surface area contributed by atoms with Gasteiger partial charge in [-0.15, -0.1) is 24.8 Å². The minimum absolute atomic E-state index is 0. The number of hydrogen-bond acceptors (Lipinski definition) is 4. The highest BCUT2D eigenvalue weighted by molar-refractivity contribution is 6.30. The Kier molecular flexibility index (Phi) is 8.79. The summed E-state index contributed by atoms with van der Waals surface area (Å²) in [6, 6.07) is 15.2. The van der Waals surface area contributed by atoms with E-state index in [9.17, 15) is 4.79 Å². The molecule has 196 valence electrons. The van der Waals surface area contributed by atoms with Gasteiger partial charge in [0, 0.05) is 42.6 Å². The summed E-state index contributed by atoms with van der Waals surface area (Å²) in [4.78, 5) is 20.5. The second-order valence-electron chi connectivity index (χ2n) is 10.5. The van der Waals surface area contributed by atoms with E-state index in [1.54, 1.807) is 0 Å². The van der Waals surface area contributed by atoms with Crippen molar-refractivity contribution in [3.05, 3.63) is 58.6 Å². The Morgan fingerprint density at radius 1 is 0.917 bits per heavy atom. The van der Waals surface area contributed by atoms with Gasteiger partial charge < -0.3 is 15.1 Å². The maximum Gasteiger partial charge on any atom is 0.241 e. The van der Waals surface area contributed by atoms with Crippen LogP contribution in [0.5, 0.6) is 0 Å². The molecular weight excluding hydrogens is 515 g/mol. The number of carbonyl (C=O) groups excluding carboxylic acids is 1. The van der Waals surface area contributed by atoms with Gasteiger partial charge in [-0.05, 0) is 87.2 Å². The maximum atomic E-state index is 12.9. The summed E-state index contributed by atoms with van der Waals surface area (Å²) in [6.07, 6.45) is 8.97. The lowest BCUT2D eigenvalue weighted by atomic mass is 9.85. The first kappa shape index (κ1) is 27.5. The van der Waals surface area contributed by atoms with Crippen LogP contribution in [0.1, 0.15) is 49.7 Å². The first-order valence-electron chi connectivity index (χ1n) is 13.1. The average Bonchev–Trinajstić information content (AvgIpc) is 3.03. The van der Waals surface area contributed by atoms with Gasteiger partial charge in [0.15, 0.2) is 0 Å². The lowest BCUT2D eigenvalue weighted by Gasteiger charge is -2.45. The number of halogens is 3. The number of anilines is 2. The van der Waals surface area contributed by atoms with Crippen molar-refractivity contribution in [2.75, 3.05) is 37.6 Å². The molecule has 8 heteroatoms. The van der Waals surface area contributed by atoms with E-state index < -0.39 is 0 Å². The highest BCUT2D eigenvalue weighted by Gasteiger charge is 2.54. The monoisotopic (exact) mass is 550 g/mol. The van der Waals surface area contributed by atoms with Crippen molar-refractivity contribution >= 4 is 53.7 Å². The molecule has 1 amide bonds. The largest absolute Gasteiger partial charge is 0.341 e. The lowest BCUT2D eigenvalue weighted by molar-refractivity contribution is -0.129. The minimum atomic E-state index is -0.249. The molecule has 1 unspecified atom stereocenters. The van der Waals surface area contributed by atoms with Crippen LogP contribution in [0, 0.1) is 0 Å². The highest BCUT2D eigenvalue weighted by Crippen LogP contribution is 2.39. The second kappa shape index (κ2) is 11.5. The fourth-order valence-corrected chi connectivity index (χ4v) is 6.91. The van der Waals surface area contributed by atoms with E-state index in [-0.39, 0.29) is 42.4 Å². The molecule has 3 fully saturated rings. The number of piperidine rings is 2. The van der Waals surface area contributed by atoms with Crippen LogP contribution in [-0.2, 0) is 17.6 Å². The predicted octanol–water partition coefficient (Wildman–Crippen LogP) is 5.59. The third-order valence-corrected chi connectivity index (χ3v) is 8.83. The zero-order valence-electron chi connectivity index (χ0n) is 20.8. The van der Waals surface area contributed by atoms with Crippen molar-refractivity contribution in [1.82, 2.24) is 15.1 Å². The van der Waals surface area contributed by atoms with Crippen molar-refractivity contribution in [1.29, 1.82) is 0 Å². The molecule has 36 heavy (non-hydrogen) atoms. The highest BCUT2D eigenvalue weighted by atomic mass is 35.5. The van der Waals surface area contributed by atoms with Gasteiger partial charge in [-0.2, -0.15) is 0 Å². The van der Waals surface area contributed by atoms with Gasteiger partial charge in [0.05, 0.1) is 6.17 Å². The molecular formula is C28H37Cl3N4O. The molecule has 4 heterocycles. The summed E-state index contributed by atoms with van der Waals surface area (Å²) < 4.78 is 0. The Morgan fingerprint density at radius 3 is 2.47 bits per heavy atom. The number of likely N-dealkylation sites (tertiary alicyclic amines) is 1. The number of hydrogen-bond donors (Lipinski definition) is 1. The molecule has 0 radical (unpaired) electrons. The van der Waals surface area contributed by atoms with Gasteiger partial charge in [0.1, 0.15) is 5.54 Å². The van der Waals surface area contributed by atoms with Gasteiger partial charge >= 0.3 is 0 Å². The zero-order valence-corrected chi connectivity index (χ0v) is 23.1. The molecule has 0 bridgehead atoms. The quantitative estimate of drug-likeness (QED) is 0.538. The van der Waals surface area contributed by atoms with E-state index in [2.05, 4.69) is 56.4 Å². The first-order valence-corrected chi connectivity index (χ1v) is 13.5. The third kappa shape index (κ3) is 4.98. The Bertz CT molecular complexity index is 1070. The molecule has 5 nitrogen and oxygen atoms in total. The Hall–Kier alpha value is -1.50. The number of benzene rings is 2. The van der Waals surface area contributed by atoms with Gasteiger partial charge in [-0.25, -0.2) is 0 Å². The molecule has 4 aliphatic rings. The number of fused-ring (bicyclic) bond motifs is 4. The fraction of sp³-hybridized carbons (Fsp3) is 0.536. The average molecular weight is 552 g/mol. The molecule has 1 spiro atoms. The van der Waals surface area contributed by atoms with Gasteiger partial charge in [0.25, 0.3) is 0 Å². The van der Waals surface area contributed by atoms with E-state index in [0.717, 1.165) is 76.3 Å². The predicted molar refractivity (Wildman–Crippen MR) is 152 cm³/mol. The van der Waals surface area contributed by atoms with Crippen LogP contribution in [0.3, 0.4) is 0 Å². The maximum absolute atomic E-state index is 12.9. The SMILES string of the molecule is Cl.Cl.O=C1NC2CCCCN2C12CCN(CCCN1c3ccccc3CCc3ccc(Cl)cc31)CC2. The minimum Gasteiger partial charge on any atom is -0.341 e. The number of nitrogens with one attached hydrogen (secondary N) is 1. The number of carbonyl (C=O) groups is 1. The Morgan fingerprint density at radius 2 is 1.67 bits per heavy atom. The first-order chi connectivity index (χ1) is 16.6. The van der Waals surface area contributed by atoms with Crippen molar-refractivity contribution in [3.8, 4) is 0 Å². The molecule has 0 aliphatic carbocycles. The third-order valence-electron chi connectivity index (χ3n) is 8.60. The van der Waals surface area contributed by atoms with Gasteiger partial charge in [-0.1, -0.05) is 35.9 Å². The van der Waals surface area contributed by atoms with E-state index in [1.165, 1.54) is 35.3 Å². The normalized spacial score (nSPS) is 23.0. The van der Waals surface area contributed by atoms with Gasteiger partial charge in [0.2, 0.25) is 5.91 Å². The summed E-state index contributed by atoms with van der Waals surface area (Å²) in [6.45, 7) is 5.13. The molecule has 3 saturated heterocycles. The Labute approximate surface area is 232 Å². The topological polar surface area (TPSA) is 38.8 Å². The molecule has 0 aromatic heterocycles. The summed E-state index contributed by atoms with van der Waals surface area (Å²) in [5.74, 6) is 0.286. The standard InChI is InChI=1S/C28H35ClN4O.2ClH/c29-23-12-11-22-10-9-21-6-1-2-7-24(21)32(25(22)20-23)16-5-15-31-18-13-28(14-19-31)27(34)30-26-8-3-4-17-33(26)28;;/h1-2,6-7,11-12,20,26H,3-5,8-10,13-19H2,(H,30,34);2*1H. The number of amides is 1. The molecule has 0 saturated carbocycles. The van der Waals surface area contributed by atoms with Crippen LogP contribution in [-0.4, -0.2) is 60.1 Å². The van der Waals surface area contributed by atoms with E-state index >= 15 is 0 Å². The molecule has 1 N–H and O–H groups in total. The molecule has 1 atom stereocenters. The summed E-state index contributed by atoms with van der Waals surface area (Å²) in [5, 5.41) is 4.10.